The number of esters is 2. The lowest BCUT2D eigenvalue weighted by molar-refractivity contribution is -0.139. The van der Waals surface area contributed by atoms with Gasteiger partial charge in [-0.25, -0.2) is 9.59 Å². The molecule has 6 heteroatoms. The van der Waals surface area contributed by atoms with E-state index in [1.807, 2.05) is 19.0 Å². The highest BCUT2D eigenvalue weighted by molar-refractivity contribution is 5.87. The Morgan fingerprint density at radius 3 is 1.88 bits per heavy atom. The average Bonchev–Trinajstić information content (AvgIpc) is 2.50. The molecule has 0 aromatic rings. The first-order chi connectivity index (χ1) is 11.2. The number of nitrogens with one attached hydrogen (secondary N) is 1. The van der Waals surface area contributed by atoms with E-state index in [1.54, 1.807) is 13.8 Å². The second-order valence-electron chi connectivity index (χ2n) is 5.74. The van der Waals surface area contributed by atoms with Gasteiger partial charge in [0.1, 0.15) is 13.2 Å². The van der Waals surface area contributed by atoms with Crippen molar-refractivity contribution in [3.8, 4) is 0 Å². The number of rotatable bonds is 11. The minimum atomic E-state index is -0.313. The molecule has 0 amide bonds. The summed E-state index contributed by atoms with van der Waals surface area (Å²) < 4.78 is 9.72. The molecule has 0 fully saturated rings. The Kier molecular flexibility index (Phi) is 16.6. The summed E-state index contributed by atoms with van der Waals surface area (Å²) in [6.07, 6.45) is 2.34. The molecule has 0 aliphatic carbocycles. The van der Waals surface area contributed by atoms with Crippen molar-refractivity contribution in [3.63, 3.8) is 0 Å². The lowest BCUT2D eigenvalue weighted by Crippen LogP contribution is -2.22. The summed E-state index contributed by atoms with van der Waals surface area (Å²) in [5, 5.41) is 3.17. The van der Waals surface area contributed by atoms with Crippen LogP contribution in [0.25, 0.3) is 0 Å². The van der Waals surface area contributed by atoms with Crippen LogP contribution < -0.4 is 5.32 Å². The zero-order valence-corrected chi connectivity index (χ0v) is 15.9. The summed E-state index contributed by atoms with van der Waals surface area (Å²) in [6, 6.07) is 0. The highest BCUT2D eigenvalue weighted by Gasteiger charge is 2.02. The van der Waals surface area contributed by atoms with Crippen LogP contribution in [0.4, 0.5) is 0 Å². The maximum atomic E-state index is 10.9. The van der Waals surface area contributed by atoms with Crippen molar-refractivity contribution in [3.05, 3.63) is 24.3 Å². The summed E-state index contributed by atoms with van der Waals surface area (Å²) in [6.45, 7) is 15.7. The normalized spacial score (nSPS) is 9.75. The van der Waals surface area contributed by atoms with Crippen LogP contribution in [-0.4, -0.2) is 63.8 Å². The van der Waals surface area contributed by atoms with Gasteiger partial charge in [-0.05, 0) is 40.9 Å². The molecule has 0 saturated heterocycles. The molecule has 0 heterocycles. The first-order valence-electron chi connectivity index (χ1n) is 8.23. The van der Waals surface area contributed by atoms with E-state index < -0.39 is 0 Å². The molecule has 140 valence electrons. The van der Waals surface area contributed by atoms with E-state index in [1.165, 1.54) is 6.42 Å². The Hall–Kier alpha value is -1.66. The maximum absolute atomic E-state index is 10.9. The van der Waals surface area contributed by atoms with Crippen LogP contribution in [0, 0.1) is 0 Å². The van der Waals surface area contributed by atoms with E-state index in [0.29, 0.717) is 24.4 Å². The number of carbonyl (C=O) groups is 2. The molecule has 0 aliphatic heterocycles. The maximum Gasteiger partial charge on any atom is 0.333 e. The van der Waals surface area contributed by atoms with Crippen molar-refractivity contribution in [2.45, 2.75) is 33.6 Å². The standard InChI is InChI=1S/C10H19NO2.C8H15NO2/c1-4-5-6-11-7-8-13-10(12)9(2)3;1-7(2)8(10)11-6-5-9(3)4/h11H,2,4-8H2,1,3H3;1,5-6H2,2-4H3. The minimum Gasteiger partial charge on any atom is -0.461 e. The van der Waals surface area contributed by atoms with Crippen LogP contribution in [0.1, 0.15) is 33.6 Å². The zero-order chi connectivity index (χ0) is 19.0. The molecule has 24 heavy (non-hydrogen) atoms. The quantitative estimate of drug-likeness (QED) is 0.353. The molecule has 0 spiro atoms. The molecule has 6 nitrogen and oxygen atoms in total. The molecule has 0 radical (unpaired) electrons. The Morgan fingerprint density at radius 2 is 1.46 bits per heavy atom. The predicted octanol–water partition coefficient (Wildman–Crippen LogP) is 2.16. The lowest BCUT2D eigenvalue weighted by Gasteiger charge is -2.09. The molecule has 0 aromatic heterocycles. The van der Waals surface area contributed by atoms with Crippen LogP contribution in [-0.2, 0) is 19.1 Å². The lowest BCUT2D eigenvalue weighted by atomic mass is 10.3. The van der Waals surface area contributed by atoms with E-state index in [9.17, 15) is 9.59 Å². The highest BCUT2D eigenvalue weighted by Crippen LogP contribution is 1.91. The van der Waals surface area contributed by atoms with E-state index in [4.69, 9.17) is 9.47 Å². The monoisotopic (exact) mass is 342 g/mol. The Morgan fingerprint density at radius 1 is 0.958 bits per heavy atom. The van der Waals surface area contributed by atoms with E-state index in [-0.39, 0.29) is 11.9 Å². The van der Waals surface area contributed by atoms with Gasteiger partial charge in [-0.3, -0.25) is 0 Å². The van der Waals surface area contributed by atoms with Gasteiger partial charge in [-0.1, -0.05) is 26.5 Å². The van der Waals surface area contributed by atoms with Gasteiger partial charge in [0.05, 0.1) is 0 Å². The Bertz CT molecular complexity index is 392. The topological polar surface area (TPSA) is 67.9 Å². The highest BCUT2D eigenvalue weighted by atomic mass is 16.5. The fourth-order valence-corrected chi connectivity index (χ4v) is 1.21. The molecule has 0 rings (SSSR count). The van der Waals surface area contributed by atoms with Crippen molar-refractivity contribution in [2.24, 2.45) is 0 Å². The fourth-order valence-electron chi connectivity index (χ4n) is 1.21. The van der Waals surface area contributed by atoms with Gasteiger partial charge in [0.15, 0.2) is 0 Å². The van der Waals surface area contributed by atoms with Crippen molar-refractivity contribution in [1.82, 2.24) is 10.2 Å². The number of hydrogen-bond donors (Lipinski definition) is 1. The van der Waals surface area contributed by atoms with Gasteiger partial charge in [0.25, 0.3) is 0 Å². The summed E-state index contributed by atoms with van der Waals surface area (Å²) in [7, 11) is 3.85. The first-order valence-corrected chi connectivity index (χ1v) is 8.23. The molecule has 0 aromatic carbocycles. The smallest absolute Gasteiger partial charge is 0.333 e. The summed E-state index contributed by atoms with van der Waals surface area (Å²) in [5.41, 5.74) is 0.900. The van der Waals surface area contributed by atoms with Crippen LogP contribution >= 0.6 is 0 Å². The Labute approximate surface area is 146 Å². The van der Waals surface area contributed by atoms with Gasteiger partial charge in [0, 0.05) is 24.2 Å². The second kappa shape index (κ2) is 16.2. The van der Waals surface area contributed by atoms with Gasteiger partial charge in [0.2, 0.25) is 0 Å². The van der Waals surface area contributed by atoms with Crippen molar-refractivity contribution < 1.29 is 19.1 Å². The molecule has 0 atom stereocenters. The van der Waals surface area contributed by atoms with Gasteiger partial charge in [-0.2, -0.15) is 0 Å². The molecule has 0 aliphatic rings. The third kappa shape index (κ3) is 18.4. The minimum absolute atomic E-state index is 0.308. The molecular formula is C18H34N2O4. The van der Waals surface area contributed by atoms with Crippen molar-refractivity contribution >= 4 is 11.9 Å². The first kappa shape index (κ1) is 24.6. The molecular weight excluding hydrogens is 308 g/mol. The molecule has 0 unspecified atom stereocenters. The molecule has 1 N–H and O–H groups in total. The predicted molar refractivity (Wildman–Crippen MR) is 97.9 cm³/mol. The SMILES string of the molecule is C=C(C)C(=O)OCCN(C)C.C=C(C)C(=O)OCCNCCCC. The molecule has 0 bridgehead atoms. The number of carbonyl (C=O) groups excluding carboxylic acids is 2. The number of unbranched alkanes of at least 4 members (excludes halogenated alkanes) is 1. The largest absolute Gasteiger partial charge is 0.461 e. The number of nitrogens with zero attached hydrogens (tertiary/aromatic N) is 1. The number of hydrogen-bond acceptors (Lipinski definition) is 6. The third-order valence-corrected chi connectivity index (χ3v) is 2.69. The van der Waals surface area contributed by atoms with Gasteiger partial charge < -0.3 is 19.7 Å². The van der Waals surface area contributed by atoms with Crippen molar-refractivity contribution in [1.29, 1.82) is 0 Å². The third-order valence-electron chi connectivity index (χ3n) is 2.69. The van der Waals surface area contributed by atoms with Crippen molar-refractivity contribution in [2.75, 3.05) is 46.9 Å². The fraction of sp³-hybridized carbons (Fsp3) is 0.667. The summed E-state index contributed by atoms with van der Waals surface area (Å²) in [4.78, 5) is 23.6. The number of likely N-dealkylation sites (N-methyl/N-ethyl adjacent to an activating group) is 1. The van der Waals surface area contributed by atoms with Gasteiger partial charge in [-0.15, -0.1) is 0 Å². The molecule has 0 saturated carbocycles. The summed E-state index contributed by atoms with van der Waals surface area (Å²) in [5.74, 6) is -0.621. The van der Waals surface area contributed by atoms with Crippen LogP contribution in [0.2, 0.25) is 0 Å². The van der Waals surface area contributed by atoms with Crippen LogP contribution in [0.5, 0.6) is 0 Å². The van der Waals surface area contributed by atoms with E-state index in [0.717, 1.165) is 26.1 Å². The Balaban J connectivity index is 0. The van der Waals surface area contributed by atoms with Crippen LogP contribution in [0.3, 0.4) is 0 Å². The van der Waals surface area contributed by atoms with E-state index in [2.05, 4.69) is 25.4 Å². The summed E-state index contributed by atoms with van der Waals surface area (Å²) >= 11 is 0. The number of ether oxygens (including phenoxy) is 2. The van der Waals surface area contributed by atoms with Crippen LogP contribution in [0.15, 0.2) is 24.3 Å². The van der Waals surface area contributed by atoms with E-state index >= 15 is 0 Å². The second-order valence-corrected chi connectivity index (χ2v) is 5.74. The zero-order valence-electron chi connectivity index (χ0n) is 15.9. The average molecular weight is 342 g/mol. The van der Waals surface area contributed by atoms with Gasteiger partial charge >= 0.3 is 11.9 Å².